The molecule has 2 rings (SSSR count). The third kappa shape index (κ3) is 3.38. The summed E-state index contributed by atoms with van der Waals surface area (Å²) in [6.45, 7) is 7.51. The van der Waals surface area contributed by atoms with Crippen molar-refractivity contribution in [3.8, 4) is 5.82 Å². The largest absolute Gasteiger partial charge is 0.312 e. The fourth-order valence-corrected chi connectivity index (χ4v) is 1.79. The van der Waals surface area contributed by atoms with Crippen LogP contribution in [0.2, 0.25) is 0 Å². The number of nitrogens with zero attached hydrogens (tertiary/aromatic N) is 3. The summed E-state index contributed by atoms with van der Waals surface area (Å²) in [6.07, 6.45) is 5.06. The lowest BCUT2D eigenvalue weighted by Crippen LogP contribution is -2.20. The van der Waals surface area contributed by atoms with Gasteiger partial charge in [0.2, 0.25) is 0 Å². The van der Waals surface area contributed by atoms with Gasteiger partial charge in [0.15, 0.2) is 11.6 Å². The van der Waals surface area contributed by atoms with Crippen molar-refractivity contribution in [3.63, 3.8) is 0 Å². The van der Waals surface area contributed by atoms with Crippen LogP contribution in [0.3, 0.4) is 0 Å². The SMILES string of the molecule is Cc1cnn(-c2nccc(CNCC(C)C)c2F)c1. The molecule has 0 aromatic carbocycles. The van der Waals surface area contributed by atoms with Gasteiger partial charge in [0.05, 0.1) is 6.20 Å². The van der Waals surface area contributed by atoms with Gasteiger partial charge in [0, 0.05) is 24.5 Å². The third-order valence-corrected chi connectivity index (χ3v) is 2.75. The molecule has 0 radical (unpaired) electrons. The van der Waals surface area contributed by atoms with Gasteiger partial charge in [-0.3, -0.25) is 0 Å². The minimum absolute atomic E-state index is 0.247. The van der Waals surface area contributed by atoms with Gasteiger partial charge in [-0.25, -0.2) is 14.1 Å². The zero-order valence-corrected chi connectivity index (χ0v) is 11.5. The van der Waals surface area contributed by atoms with Crippen LogP contribution in [0, 0.1) is 18.7 Å². The normalized spacial score (nSPS) is 11.2. The summed E-state index contributed by atoms with van der Waals surface area (Å²) < 4.78 is 15.8. The quantitative estimate of drug-likeness (QED) is 0.900. The lowest BCUT2D eigenvalue weighted by Gasteiger charge is -2.10. The molecule has 0 bridgehead atoms. The summed E-state index contributed by atoms with van der Waals surface area (Å²) in [4.78, 5) is 4.06. The molecule has 1 N–H and O–H groups in total. The molecule has 0 aliphatic heterocycles. The minimum Gasteiger partial charge on any atom is -0.312 e. The Morgan fingerprint density at radius 2 is 2.21 bits per heavy atom. The fourth-order valence-electron chi connectivity index (χ4n) is 1.79. The zero-order chi connectivity index (χ0) is 13.8. The highest BCUT2D eigenvalue weighted by molar-refractivity contribution is 5.30. The Balaban J connectivity index is 2.18. The molecule has 0 unspecified atom stereocenters. The molecule has 0 aliphatic carbocycles. The number of pyridine rings is 1. The van der Waals surface area contributed by atoms with E-state index in [0.717, 1.165) is 12.1 Å². The molecule has 0 spiro atoms. The highest BCUT2D eigenvalue weighted by Gasteiger charge is 2.11. The topological polar surface area (TPSA) is 42.7 Å². The van der Waals surface area contributed by atoms with Gasteiger partial charge in [-0.2, -0.15) is 5.10 Å². The van der Waals surface area contributed by atoms with Crippen LogP contribution in [0.25, 0.3) is 5.82 Å². The van der Waals surface area contributed by atoms with E-state index in [9.17, 15) is 4.39 Å². The van der Waals surface area contributed by atoms with E-state index in [1.807, 2.05) is 6.92 Å². The Morgan fingerprint density at radius 1 is 1.42 bits per heavy atom. The van der Waals surface area contributed by atoms with Crippen LogP contribution in [-0.4, -0.2) is 21.3 Å². The first-order chi connectivity index (χ1) is 9.08. The fraction of sp³-hybridized carbons (Fsp3) is 0.429. The highest BCUT2D eigenvalue weighted by atomic mass is 19.1. The number of hydrogen-bond donors (Lipinski definition) is 1. The molecule has 0 amide bonds. The Morgan fingerprint density at radius 3 is 2.84 bits per heavy atom. The summed E-state index contributed by atoms with van der Waals surface area (Å²) in [7, 11) is 0. The molecular formula is C14H19FN4. The lowest BCUT2D eigenvalue weighted by molar-refractivity contribution is 0.529. The molecule has 19 heavy (non-hydrogen) atoms. The number of aryl methyl sites for hydroxylation is 1. The second-order valence-electron chi connectivity index (χ2n) is 5.09. The molecule has 5 heteroatoms. The van der Waals surface area contributed by atoms with Crippen molar-refractivity contribution >= 4 is 0 Å². The molecule has 102 valence electrons. The first-order valence-electron chi connectivity index (χ1n) is 6.43. The average Bonchev–Trinajstić information content (AvgIpc) is 2.77. The highest BCUT2D eigenvalue weighted by Crippen LogP contribution is 2.14. The van der Waals surface area contributed by atoms with E-state index in [1.54, 1.807) is 24.7 Å². The number of hydrogen-bond acceptors (Lipinski definition) is 3. The van der Waals surface area contributed by atoms with Crippen LogP contribution in [0.15, 0.2) is 24.7 Å². The summed E-state index contributed by atoms with van der Waals surface area (Å²) in [5, 5.41) is 7.32. The predicted molar refractivity (Wildman–Crippen MR) is 72.6 cm³/mol. The van der Waals surface area contributed by atoms with Crippen LogP contribution in [0.5, 0.6) is 0 Å². The second-order valence-corrected chi connectivity index (χ2v) is 5.09. The van der Waals surface area contributed by atoms with Gasteiger partial charge in [-0.1, -0.05) is 13.8 Å². The lowest BCUT2D eigenvalue weighted by atomic mass is 10.2. The molecule has 0 atom stereocenters. The van der Waals surface area contributed by atoms with Crippen molar-refractivity contribution in [2.24, 2.45) is 5.92 Å². The molecule has 0 fully saturated rings. The van der Waals surface area contributed by atoms with Crippen LogP contribution in [0.1, 0.15) is 25.0 Å². The first kappa shape index (κ1) is 13.7. The van der Waals surface area contributed by atoms with Crippen LogP contribution < -0.4 is 5.32 Å². The molecule has 4 nitrogen and oxygen atoms in total. The van der Waals surface area contributed by atoms with E-state index in [0.29, 0.717) is 18.0 Å². The summed E-state index contributed by atoms with van der Waals surface area (Å²) in [5.74, 6) is 0.469. The van der Waals surface area contributed by atoms with Gasteiger partial charge >= 0.3 is 0 Å². The van der Waals surface area contributed by atoms with E-state index in [4.69, 9.17) is 0 Å². The molecular weight excluding hydrogens is 243 g/mol. The van der Waals surface area contributed by atoms with Gasteiger partial charge in [0.25, 0.3) is 0 Å². The van der Waals surface area contributed by atoms with E-state index < -0.39 is 0 Å². The maximum atomic E-state index is 14.3. The average molecular weight is 262 g/mol. The zero-order valence-electron chi connectivity index (χ0n) is 11.5. The van der Waals surface area contributed by atoms with Gasteiger partial charge in [0.1, 0.15) is 0 Å². The van der Waals surface area contributed by atoms with E-state index >= 15 is 0 Å². The maximum Gasteiger partial charge on any atom is 0.190 e. The monoisotopic (exact) mass is 262 g/mol. The smallest absolute Gasteiger partial charge is 0.190 e. The van der Waals surface area contributed by atoms with E-state index in [-0.39, 0.29) is 11.6 Å². The van der Waals surface area contributed by atoms with Crippen molar-refractivity contribution in [3.05, 3.63) is 41.6 Å². The molecule has 0 saturated heterocycles. The van der Waals surface area contributed by atoms with Gasteiger partial charge < -0.3 is 5.32 Å². The van der Waals surface area contributed by atoms with Gasteiger partial charge in [-0.05, 0) is 31.0 Å². The number of aromatic nitrogens is 3. The predicted octanol–water partition coefficient (Wildman–Crippen LogP) is 2.46. The first-order valence-corrected chi connectivity index (χ1v) is 6.43. The molecule has 0 saturated carbocycles. The maximum absolute atomic E-state index is 14.3. The summed E-state index contributed by atoms with van der Waals surface area (Å²) in [6, 6.07) is 1.70. The Bertz CT molecular complexity index is 548. The van der Waals surface area contributed by atoms with E-state index in [1.165, 1.54) is 4.68 Å². The van der Waals surface area contributed by atoms with Crippen molar-refractivity contribution in [1.82, 2.24) is 20.1 Å². The van der Waals surface area contributed by atoms with E-state index in [2.05, 4.69) is 29.2 Å². The second kappa shape index (κ2) is 5.93. The summed E-state index contributed by atoms with van der Waals surface area (Å²) in [5.41, 5.74) is 1.59. The standard InChI is InChI=1S/C14H19FN4/c1-10(2)6-16-8-12-4-5-17-14(13(12)15)19-9-11(3)7-18-19/h4-5,7,9-10,16H,6,8H2,1-3H3. The van der Waals surface area contributed by atoms with Crippen molar-refractivity contribution in [2.45, 2.75) is 27.3 Å². The van der Waals surface area contributed by atoms with Crippen LogP contribution in [0.4, 0.5) is 4.39 Å². The molecule has 0 aliphatic rings. The van der Waals surface area contributed by atoms with Crippen LogP contribution >= 0.6 is 0 Å². The number of halogens is 1. The van der Waals surface area contributed by atoms with Crippen LogP contribution in [-0.2, 0) is 6.54 Å². The summed E-state index contributed by atoms with van der Waals surface area (Å²) >= 11 is 0. The Labute approximate surface area is 112 Å². The Kier molecular flexibility index (Phi) is 4.27. The third-order valence-electron chi connectivity index (χ3n) is 2.75. The molecule has 2 aromatic rings. The van der Waals surface area contributed by atoms with Crippen molar-refractivity contribution in [2.75, 3.05) is 6.54 Å². The van der Waals surface area contributed by atoms with Gasteiger partial charge in [-0.15, -0.1) is 0 Å². The number of nitrogens with one attached hydrogen (secondary N) is 1. The van der Waals surface area contributed by atoms with Crippen molar-refractivity contribution < 1.29 is 4.39 Å². The number of rotatable bonds is 5. The van der Waals surface area contributed by atoms with Crippen molar-refractivity contribution in [1.29, 1.82) is 0 Å². The molecule has 2 aromatic heterocycles. The minimum atomic E-state index is -0.318. The molecule has 2 heterocycles. The Hall–Kier alpha value is -1.75.